The number of rotatable bonds is 10. The van der Waals surface area contributed by atoms with E-state index in [1.165, 1.54) is 12.0 Å². The maximum atomic E-state index is 13.1. The van der Waals surface area contributed by atoms with Gasteiger partial charge in [-0.1, -0.05) is 54.8 Å². The Labute approximate surface area is 219 Å². The van der Waals surface area contributed by atoms with Crippen LogP contribution in [0.2, 0.25) is 0 Å². The van der Waals surface area contributed by atoms with Gasteiger partial charge in [-0.25, -0.2) is 8.42 Å². The highest BCUT2D eigenvalue weighted by Gasteiger charge is 2.51. The molecule has 1 aromatic rings. The van der Waals surface area contributed by atoms with Crippen LogP contribution >= 0.6 is 15.9 Å². The fourth-order valence-corrected chi connectivity index (χ4v) is 7.55. The second-order valence-electron chi connectivity index (χ2n) is 10.9. The molecule has 0 spiro atoms. The van der Waals surface area contributed by atoms with Crippen LogP contribution in [-0.2, 0) is 14.8 Å². The number of halogens is 1. The summed E-state index contributed by atoms with van der Waals surface area (Å²) in [5.74, 6) is 1.66. The van der Waals surface area contributed by atoms with Gasteiger partial charge in [0.15, 0.2) is 0 Å². The average molecular weight is 567 g/mol. The number of piperazine rings is 1. The Kier molecular flexibility index (Phi) is 8.46. The molecule has 0 N–H and O–H groups in total. The first kappa shape index (κ1) is 26.8. The van der Waals surface area contributed by atoms with Crippen LogP contribution in [0.15, 0.2) is 45.3 Å². The molecule has 0 radical (unpaired) electrons. The van der Waals surface area contributed by atoms with Crippen LogP contribution in [0.3, 0.4) is 0 Å². The van der Waals surface area contributed by atoms with Crippen LogP contribution in [0.1, 0.15) is 52.9 Å². The molecule has 2 atom stereocenters. The van der Waals surface area contributed by atoms with E-state index in [1.54, 1.807) is 28.6 Å². The Hall–Kier alpha value is -1.22. The molecule has 1 heterocycles. The zero-order valence-corrected chi connectivity index (χ0v) is 23.8. The largest absolute Gasteiger partial charge is 0.337 e. The summed E-state index contributed by atoms with van der Waals surface area (Å²) in [6.45, 7) is 11.5. The maximum absolute atomic E-state index is 13.1. The minimum Gasteiger partial charge on any atom is -0.337 e. The quantitative estimate of drug-likeness (QED) is 0.383. The molecule has 8 heteroatoms. The number of benzene rings is 1. The molecule has 2 fully saturated rings. The van der Waals surface area contributed by atoms with E-state index in [2.05, 4.69) is 52.6 Å². The maximum Gasteiger partial charge on any atom is 0.243 e. The average Bonchev–Trinajstić information content (AvgIpc) is 2.85. The van der Waals surface area contributed by atoms with Gasteiger partial charge in [-0.2, -0.15) is 4.31 Å². The Bertz CT molecular complexity index is 1030. The van der Waals surface area contributed by atoms with Gasteiger partial charge in [0.05, 0.1) is 4.90 Å². The van der Waals surface area contributed by atoms with Gasteiger partial charge in [-0.05, 0) is 60.8 Å². The number of fused-ring (bicyclic) bond motifs is 1. The van der Waals surface area contributed by atoms with Gasteiger partial charge >= 0.3 is 0 Å². The van der Waals surface area contributed by atoms with Crippen molar-refractivity contribution in [3.05, 3.63) is 40.4 Å². The minimum atomic E-state index is -3.48. The van der Waals surface area contributed by atoms with Gasteiger partial charge in [-0.3, -0.25) is 9.69 Å². The fraction of sp³-hybridized carbons (Fsp3) is 0.667. The van der Waals surface area contributed by atoms with Crippen LogP contribution in [0.25, 0.3) is 0 Å². The van der Waals surface area contributed by atoms with Crippen molar-refractivity contribution in [1.82, 2.24) is 14.1 Å². The topological polar surface area (TPSA) is 60.9 Å². The second kappa shape index (κ2) is 11.0. The summed E-state index contributed by atoms with van der Waals surface area (Å²) in [4.78, 5) is 17.8. The highest BCUT2D eigenvalue weighted by molar-refractivity contribution is 9.10. The molecule has 2 bridgehead atoms. The number of hydrogen-bond donors (Lipinski definition) is 0. The summed E-state index contributed by atoms with van der Waals surface area (Å²) in [5.41, 5.74) is 1.81. The van der Waals surface area contributed by atoms with Crippen molar-refractivity contribution in [3.8, 4) is 0 Å². The molecule has 0 aromatic heterocycles. The summed E-state index contributed by atoms with van der Waals surface area (Å²) in [6.07, 6.45) is 7.37. The van der Waals surface area contributed by atoms with E-state index in [1.807, 2.05) is 0 Å². The number of carbonyl (C=O) groups excluding carboxylic acids is 1. The zero-order valence-electron chi connectivity index (χ0n) is 21.4. The number of allylic oxidation sites excluding steroid dienone is 1. The molecule has 1 amide bonds. The van der Waals surface area contributed by atoms with Crippen molar-refractivity contribution in [1.29, 1.82) is 0 Å². The van der Waals surface area contributed by atoms with Crippen molar-refractivity contribution in [3.63, 3.8) is 0 Å². The summed E-state index contributed by atoms with van der Waals surface area (Å²) in [7, 11) is -3.48. The van der Waals surface area contributed by atoms with E-state index in [-0.39, 0.29) is 5.91 Å². The van der Waals surface area contributed by atoms with Crippen molar-refractivity contribution < 1.29 is 13.2 Å². The second-order valence-corrected chi connectivity index (χ2v) is 13.8. The van der Waals surface area contributed by atoms with Crippen LogP contribution in [0.4, 0.5) is 0 Å². The summed E-state index contributed by atoms with van der Waals surface area (Å²) >= 11 is 3.36. The lowest BCUT2D eigenvalue weighted by atomic mass is 9.49. The van der Waals surface area contributed by atoms with Gasteiger partial charge in [0.2, 0.25) is 15.9 Å². The minimum absolute atomic E-state index is 0.253. The Balaban J connectivity index is 1.33. The molecule has 5 rings (SSSR count). The molecule has 1 aliphatic heterocycles. The summed E-state index contributed by atoms with van der Waals surface area (Å²) in [5, 5.41) is 0. The van der Waals surface area contributed by atoms with Crippen molar-refractivity contribution in [2.75, 3.05) is 45.8 Å². The monoisotopic (exact) mass is 565 g/mol. The van der Waals surface area contributed by atoms with E-state index in [4.69, 9.17) is 0 Å². The molecule has 6 nitrogen and oxygen atoms in total. The fourth-order valence-electron chi connectivity index (χ4n) is 5.87. The number of unbranched alkanes of at least 4 members (excludes halogenated alkanes) is 1. The molecule has 3 aliphatic carbocycles. The third-order valence-electron chi connectivity index (χ3n) is 8.52. The first-order chi connectivity index (χ1) is 16.6. The van der Waals surface area contributed by atoms with Crippen molar-refractivity contribution >= 4 is 31.9 Å². The highest BCUT2D eigenvalue weighted by atomic mass is 79.9. The predicted octanol–water partition coefficient (Wildman–Crippen LogP) is 4.77. The van der Waals surface area contributed by atoms with Crippen LogP contribution in [0, 0.1) is 17.3 Å². The van der Waals surface area contributed by atoms with Gasteiger partial charge in [0, 0.05) is 56.7 Å². The third kappa shape index (κ3) is 5.86. The summed E-state index contributed by atoms with van der Waals surface area (Å²) < 4.78 is 28.5. The van der Waals surface area contributed by atoms with E-state index in [9.17, 15) is 13.2 Å². The molecule has 2 unspecified atom stereocenters. The number of sulfonamides is 1. The predicted molar refractivity (Wildman–Crippen MR) is 144 cm³/mol. The van der Waals surface area contributed by atoms with E-state index >= 15 is 0 Å². The molecule has 35 heavy (non-hydrogen) atoms. The molecular weight excluding hydrogens is 526 g/mol. The lowest BCUT2D eigenvalue weighted by Crippen LogP contribution is -2.52. The Morgan fingerprint density at radius 1 is 1.14 bits per heavy atom. The standard InChI is InChI=1S/C27H40BrN3O3S/c1-4-5-6-26(32)30(20-21-7-8-22-19-25(21)27(22,2)3)16-13-29-14-17-31(18-15-29)35(33,34)24-11-9-23(28)10-12-24/h7,9-12,22,25H,4-6,8,13-20H2,1-3H3. The van der Waals surface area contributed by atoms with Crippen LogP contribution < -0.4 is 0 Å². The number of carbonyl (C=O) groups is 1. The lowest BCUT2D eigenvalue weighted by molar-refractivity contribution is -0.131. The molecular formula is C27H40BrN3O3S. The van der Waals surface area contributed by atoms with E-state index < -0.39 is 10.0 Å². The Morgan fingerprint density at radius 2 is 1.83 bits per heavy atom. The molecule has 4 aliphatic rings. The van der Waals surface area contributed by atoms with E-state index in [0.29, 0.717) is 55.4 Å². The van der Waals surface area contributed by atoms with Gasteiger partial charge in [0.25, 0.3) is 0 Å². The van der Waals surface area contributed by atoms with E-state index in [0.717, 1.165) is 42.7 Å². The first-order valence-electron chi connectivity index (χ1n) is 13.1. The van der Waals surface area contributed by atoms with Crippen LogP contribution in [-0.4, -0.2) is 74.2 Å². The Morgan fingerprint density at radius 3 is 2.43 bits per heavy atom. The normalized spacial score (nSPS) is 24.5. The smallest absolute Gasteiger partial charge is 0.243 e. The van der Waals surface area contributed by atoms with Crippen molar-refractivity contribution in [2.24, 2.45) is 17.3 Å². The summed E-state index contributed by atoms with van der Waals surface area (Å²) in [6, 6.07) is 6.83. The zero-order chi connectivity index (χ0) is 25.2. The van der Waals surface area contributed by atoms with Gasteiger partial charge in [0.1, 0.15) is 0 Å². The number of amides is 1. The van der Waals surface area contributed by atoms with Crippen molar-refractivity contribution in [2.45, 2.75) is 57.8 Å². The third-order valence-corrected chi connectivity index (χ3v) is 11.0. The van der Waals surface area contributed by atoms with Gasteiger partial charge in [-0.15, -0.1) is 0 Å². The van der Waals surface area contributed by atoms with Gasteiger partial charge < -0.3 is 4.90 Å². The SMILES string of the molecule is CCCCC(=O)N(CCN1CCN(S(=O)(=O)c2ccc(Br)cc2)CC1)CC1=CCC2CC1C2(C)C. The molecule has 194 valence electrons. The number of nitrogens with zero attached hydrogens (tertiary/aromatic N) is 3. The lowest BCUT2D eigenvalue weighted by Gasteiger charge is -2.57. The number of hydrogen-bond acceptors (Lipinski definition) is 4. The molecule has 1 saturated carbocycles. The van der Waals surface area contributed by atoms with Crippen LogP contribution in [0.5, 0.6) is 0 Å². The molecule has 1 saturated heterocycles. The highest BCUT2D eigenvalue weighted by Crippen LogP contribution is 2.59. The molecule has 1 aromatic carbocycles. The first-order valence-corrected chi connectivity index (χ1v) is 15.3.